The number of nitrogens with one attached hydrogen (secondary N) is 1. The van der Waals surface area contributed by atoms with Crippen LogP contribution in [-0.4, -0.2) is 34.8 Å². The van der Waals surface area contributed by atoms with Crippen molar-refractivity contribution in [2.45, 2.75) is 11.8 Å². The van der Waals surface area contributed by atoms with Crippen molar-refractivity contribution in [3.63, 3.8) is 0 Å². The van der Waals surface area contributed by atoms with E-state index in [1.165, 1.54) is 11.8 Å². The lowest BCUT2D eigenvalue weighted by Gasteiger charge is -2.22. The van der Waals surface area contributed by atoms with E-state index in [-0.39, 0.29) is 17.8 Å². The second-order valence-electron chi connectivity index (χ2n) is 3.10. The van der Waals surface area contributed by atoms with Gasteiger partial charge in [0.2, 0.25) is 0 Å². The number of carboxylic acids is 1. The van der Waals surface area contributed by atoms with E-state index in [1.807, 2.05) is 0 Å². The monoisotopic (exact) mass is 215 g/mol. The lowest BCUT2D eigenvalue weighted by Crippen LogP contribution is -2.34. The highest BCUT2D eigenvalue weighted by atomic mass is 32.2. The van der Waals surface area contributed by atoms with E-state index in [2.05, 4.69) is 5.32 Å². The Bertz CT molecular complexity index is 325. The van der Waals surface area contributed by atoms with Crippen LogP contribution in [0, 0.1) is 0 Å². The van der Waals surface area contributed by atoms with Crippen LogP contribution in [0.3, 0.4) is 0 Å². The van der Waals surface area contributed by atoms with Gasteiger partial charge in [0.25, 0.3) is 0 Å². The predicted octanol–water partition coefficient (Wildman–Crippen LogP) is -0.0655. The Kier molecular flexibility index (Phi) is 2.37. The average molecular weight is 215 g/mol. The SMILES string of the molecule is O=C(O)CC1NC2=C(COC2=O)CS1. The Labute approximate surface area is 84.5 Å². The molecule has 0 aromatic carbocycles. The van der Waals surface area contributed by atoms with Crippen LogP contribution in [-0.2, 0) is 14.3 Å². The van der Waals surface area contributed by atoms with Gasteiger partial charge in [-0.2, -0.15) is 0 Å². The molecule has 2 aliphatic rings. The van der Waals surface area contributed by atoms with Gasteiger partial charge in [-0.05, 0) is 0 Å². The highest BCUT2D eigenvalue weighted by molar-refractivity contribution is 8.00. The third-order valence-corrected chi connectivity index (χ3v) is 3.26. The topological polar surface area (TPSA) is 75.6 Å². The van der Waals surface area contributed by atoms with Crippen LogP contribution in [0.25, 0.3) is 0 Å². The molecule has 76 valence electrons. The zero-order chi connectivity index (χ0) is 10.1. The fraction of sp³-hybridized carbons (Fsp3) is 0.500. The fourth-order valence-corrected chi connectivity index (χ4v) is 2.48. The first kappa shape index (κ1) is 9.39. The number of esters is 1. The fourth-order valence-electron chi connectivity index (χ4n) is 1.39. The molecular weight excluding hydrogens is 206 g/mol. The summed E-state index contributed by atoms with van der Waals surface area (Å²) in [5, 5.41) is 11.2. The summed E-state index contributed by atoms with van der Waals surface area (Å²) in [7, 11) is 0. The summed E-state index contributed by atoms with van der Waals surface area (Å²) in [6, 6.07) is 0. The van der Waals surface area contributed by atoms with Crippen LogP contribution in [0.2, 0.25) is 0 Å². The van der Waals surface area contributed by atoms with Crippen molar-refractivity contribution in [1.82, 2.24) is 5.32 Å². The van der Waals surface area contributed by atoms with Crippen molar-refractivity contribution in [3.8, 4) is 0 Å². The summed E-state index contributed by atoms with van der Waals surface area (Å²) in [4.78, 5) is 21.6. The molecule has 0 radical (unpaired) electrons. The molecule has 0 bridgehead atoms. The largest absolute Gasteiger partial charge is 0.481 e. The highest BCUT2D eigenvalue weighted by Crippen LogP contribution is 2.28. The molecule has 0 saturated carbocycles. The Hall–Kier alpha value is -1.17. The number of hydrogen-bond donors (Lipinski definition) is 2. The number of carboxylic acid groups (broad SMARTS) is 1. The Morgan fingerprint density at radius 1 is 1.71 bits per heavy atom. The molecule has 0 aliphatic carbocycles. The summed E-state index contributed by atoms with van der Waals surface area (Å²) >= 11 is 1.49. The number of cyclic esters (lactones) is 1. The molecule has 2 heterocycles. The standard InChI is InChI=1S/C8H9NO4S/c10-6(11)1-5-9-7-4(3-14-5)2-13-8(7)12/h5,9H,1-3H2,(H,10,11). The predicted molar refractivity (Wildman–Crippen MR) is 49.6 cm³/mol. The van der Waals surface area contributed by atoms with Gasteiger partial charge in [0, 0.05) is 11.3 Å². The molecule has 0 spiro atoms. The molecule has 1 atom stereocenters. The Balaban J connectivity index is 2.05. The number of rotatable bonds is 2. The Morgan fingerprint density at radius 3 is 3.21 bits per heavy atom. The maximum atomic E-state index is 11.1. The lowest BCUT2D eigenvalue weighted by molar-refractivity contribution is -0.138. The third kappa shape index (κ3) is 1.70. The van der Waals surface area contributed by atoms with E-state index >= 15 is 0 Å². The molecule has 1 unspecified atom stereocenters. The quantitative estimate of drug-likeness (QED) is 0.628. The van der Waals surface area contributed by atoms with E-state index < -0.39 is 5.97 Å². The molecule has 0 amide bonds. The van der Waals surface area contributed by atoms with Gasteiger partial charge < -0.3 is 15.2 Å². The molecule has 2 rings (SSSR count). The second kappa shape index (κ2) is 3.53. The molecule has 0 fully saturated rings. The maximum Gasteiger partial charge on any atom is 0.354 e. The van der Waals surface area contributed by atoms with Crippen molar-refractivity contribution in [1.29, 1.82) is 0 Å². The molecule has 0 saturated heterocycles. The zero-order valence-corrected chi connectivity index (χ0v) is 8.10. The van der Waals surface area contributed by atoms with E-state index in [0.29, 0.717) is 18.1 Å². The highest BCUT2D eigenvalue weighted by Gasteiger charge is 2.31. The molecule has 6 heteroatoms. The average Bonchev–Trinajstić information content (AvgIpc) is 2.47. The number of thioether (sulfide) groups is 1. The van der Waals surface area contributed by atoms with Gasteiger partial charge in [-0.3, -0.25) is 4.79 Å². The van der Waals surface area contributed by atoms with Crippen molar-refractivity contribution in [3.05, 3.63) is 11.3 Å². The van der Waals surface area contributed by atoms with Crippen LogP contribution in [0.4, 0.5) is 0 Å². The summed E-state index contributed by atoms with van der Waals surface area (Å²) in [6.45, 7) is 0.341. The van der Waals surface area contributed by atoms with E-state index in [1.54, 1.807) is 0 Å². The second-order valence-corrected chi connectivity index (χ2v) is 4.29. The van der Waals surface area contributed by atoms with E-state index in [4.69, 9.17) is 9.84 Å². The Morgan fingerprint density at radius 2 is 2.50 bits per heavy atom. The number of aliphatic carboxylic acids is 1. The molecule has 14 heavy (non-hydrogen) atoms. The van der Waals surface area contributed by atoms with Crippen LogP contribution < -0.4 is 5.32 Å². The molecule has 2 N–H and O–H groups in total. The molecule has 2 aliphatic heterocycles. The third-order valence-electron chi connectivity index (χ3n) is 2.06. The minimum absolute atomic E-state index is 0.00866. The summed E-state index contributed by atoms with van der Waals surface area (Å²) in [5.41, 5.74) is 1.40. The van der Waals surface area contributed by atoms with Crippen LogP contribution in [0.15, 0.2) is 11.3 Å². The first-order valence-electron chi connectivity index (χ1n) is 4.16. The number of hydrogen-bond acceptors (Lipinski definition) is 5. The van der Waals surface area contributed by atoms with Gasteiger partial charge in [-0.25, -0.2) is 4.79 Å². The van der Waals surface area contributed by atoms with Gasteiger partial charge in [-0.1, -0.05) is 0 Å². The van der Waals surface area contributed by atoms with E-state index in [0.717, 1.165) is 5.57 Å². The van der Waals surface area contributed by atoms with Crippen LogP contribution >= 0.6 is 11.8 Å². The first-order chi connectivity index (χ1) is 6.66. The van der Waals surface area contributed by atoms with Crippen LogP contribution in [0.5, 0.6) is 0 Å². The van der Waals surface area contributed by atoms with Gasteiger partial charge in [0.15, 0.2) is 0 Å². The van der Waals surface area contributed by atoms with Gasteiger partial charge >= 0.3 is 11.9 Å². The number of carbonyl (C=O) groups is 2. The first-order valence-corrected chi connectivity index (χ1v) is 5.21. The zero-order valence-electron chi connectivity index (χ0n) is 7.28. The smallest absolute Gasteiger partial charge is 0.354 e. The number of carbonyl (C=O) groups excluding carboxylic acids is 1. The van der Waals surface area contributed by atoms with Gasteiger partial charge in [0.1, 0.15) is 12.3 Å². The van der Waals surface area contributed by atoms with Crippen molar-refractivity contribution < 1.29 is 19.4 Å². The molecule has 0 aromatic rings. The molecule has 0 aromatic heterocycles. The summed E-state index contributed by atoms with van der Waals surface area (Å²) in [6.07, 6.45) is 0.00866. The minimum atomic E-state index is -0.870. The van der Waals surface area contributed by atoms with Gasteiger partial charge in [0.05, 0.1) is 11.8 Å². The summed E-state index contributed by atoms with van der Waals surface area (Å²) in [5.74, 6) is -0.562. The summed E-state index contributed by atoms with van der Waals surface area (Å²) < 4.78 is 4.82. The van der Waals surface area contributed by atoms with Gasteiger partial charge in [-0.15, -0.1) is 11.8 Å². The number of ether oxygens (including phenoxy) is 1. The van der Waals surface area contributed by atoms with Crippen molar-refractivity contribution in [2.75, 3.05) is 12.4 Å². The van der Waals surface area contributed by atoms with Crippen LogP contribution in [0.1, 0.15) is 6.42 Å². The molecule has 5 nitrogen and oxygen atoms in total. The minimum Gasteiger partial charge on any atom is -0.481 e. The molecular formula is C8H9NO4S. The normalized spacial score (nSPS) is 25.4. The van der Waals surface area contributed by atoms with E-state index in [9.17, 15) is 9.59 Å². The van der Waals surface area contributed by atoms with Crippen molar-refractivity contribution in [2.24, 2.45) is 0 Å². The van der Waals surface area contributed by atoms with Crippen molar-refractivity contribution >= 4 is 23.7 Å². The lowest BCUT2D eigenvalue weighted by atomic mass is 10.2. The maximum absolute atomic E-state index is 11.1.